The Labute approximate surface area is 177 Å². The highest BCUT2D eigenvalue weighted by Gasteiger charge is 2.27. The number of nitrogens with one attached hydrogen (secondary N) is 1. The highest BCUT2D eigenvalue weighted by molar-refractivity contribution is 7.89. The van der Waals surface area contributed by atoms with E-state index in [1.54, 1.807) is 48.9 Å². The van der Waals surface area contributed by atoms with Crippen LogP contribution in [0.1, 0.15) is 39.0 Å². The Morgan fingerprint density at radius 1 is 1.03 bits per heavy atom. The molecule has 1 aromatic carbocycles. The van der Waals surface area contributed by atoms with Crippen LogP contribution in [0.5, 0.6) is 0 Å². The number of hydrogen-bond acceptors (Lipinski definition) is 5. The fraction of sp³-hybridized carbons (Fsp3) is 0.429. The molecule has 0 atom stereocenters. The summed E-state index contributed by atoms with van der Waals surface area (Å²) in [5.74, 6) is -0.202. The predicted octanol–water partition coefficient (Wildman–Crippen LogP) is 1.64. The Hall–Kier alpha value is -2.49. The van der Waals surface area contributed by atoms with Crippen LogP contribution in [0.3, 0.4) is 0 Å². The molecule has 0 saturated carbocycles. The molecule has 1 N–H and O–H groups in total. The summed E-state index contributed by atoms with van der Waals surface area (Å²) in [6.07, 6.45) is 0. The van der Waals surface area contributed by atoms with E-state index in [0.29, 0.717) is 43.0 Å². The van der Waals surface area contributed by atoms with Crippen molar-refractivity contribution in [3.63, 3.8) is 0 Å². The normalized spacial score (nSPS) is 15.8. The average Bonchev–Trinajstić information content (AvgIpc) is 3.03. The lowest BCUT2D eigenvalue weighted by atomic mass is 10.1. The van der Waals surface area contributed by atoms with E-state index in [9.17, 15) is 18.0 Å². The largest absolute Gasteiger partial charge is 0.293 e. The fourth-order valence-corrected chi connectivity index (χ4v) is 4.69. The molecule has 3 rings (SSSR count). The highest BCUT2D eigenvalue weighted by atomic mass is 32.2. The molecule has 0 radical (unpaired) electrons. The fourth-order valence-electron chi connectivity index (χ4n) is 3.61. The molecule has 162 valence electrons. The first kappa shape index (κ1) is 22.2. The van der Waals surface area contributed by atoms with Gasteiger partial charge in [0, 0.05) is 48.7 Å². The summed E-state index contributed by atoms with van der Waals surface area (Å²) in [5.41, 5.74) is 5.38. The molecule has 9 heteroatoms. The number of sulfonamides is 1. The standard InChI is InChI=1S/C21H28N4O4S/c1-4-30(28,29)24-12-10-23(11-13-24)15-20(26)19-14-16(2)25(17(19)3)22-21(27)18-8-6-5-7-9-18/h5-9,14H,4,10-13,15H2,1-3H3,(H,22,27). The first-order chi connectivity index (χ1) is 14.2. The molecule has 1 aliphatic rings. The molecule has 0 bridgehead atoms. The van der Waals surface area contributed by atoms with Gasteiger partial charge in [0.25, 0.3) is 5.91 Å². The molecular formula is C21H28N4O4S. The Balaban J connectivity index is 1.65. The Bertz CT molecular complexity index is 1020. The third kappa shape index (κ3) is 4.80. The van der Waals surface area contributed by atoms with Crippen LogP contribution in [-0.2, 0) is 10.0 Å². The SMILES string of the molecule is CCS(=O)(=O)N1CCN(CC(=O)c2cc(C)n(NC(=O)c3ccccc3)c2C)CC1. The van der Waals surface area contributed by atoms with Gasteiger partial charge in [-0.2, -0.15) is 4.31 Å². The summed E-state index contributed by atoms with van der Waals surface area (Å²) in [5, 5.41) is 0. The van der Waals surface area contributed by atoms with Crippen LogP contribution < -0.4 is 5.43 Å². The topological polar surface area (TPSA) is 91.7 Å². The summed E-state index contributed by atoms with van der Waals surface area (Å²) in [6.45, 7) is 7.34. The van der Waals surface area contributed by atoms with Crippen molar-refractivity contribution >= 4 is 21.7 Å². The van der Waals surface area contributed by atoms with Crippen molar-refractivity contribution in [2.75, 3.05) is 43.9 Å². The number of aromatic nitrogens is 1. The maximum atomic E-state index is 12.9. The number of rotatable bonds is 7. The number of aryl methyl sites for hydroxylation is 1. The number of Topliss-reactive ketones (excluding diaryl/α,β-unsaturated/α-hetero) is 1. The molecule has 0 unspecified atom stereocenters. The number of carbonyl (C=O) groups is 2. The number of piperazine rings is 1. The number of ketones is 1. The Kier molecular flexibility index (Phi) is 6.74. The lowest BCUT2D eigenvalue weighted by Crippen LogP contribution is -2.50. The molecule has 0 aliphatic carbocycles. The van der Waals surface area contributed by atoms with Crippen LogP contribution in [0.2, 0.25) is 0 Å². The second kappa shape index (κ2) is 9.11. The summed E-state index contributed by atoms with van der Waals surface area (Å²) in [6, 6.07) is 10.7. The van der Waals surface area contributed by atoms with E-state index in [2.05, 4.69) is 5.43 Å². The number of nitrogens with zero attached hydrogens (tertiary/aromatic N) is 3. The van der Waals surface area contributed by atoms with Crippen LogP contribution in [-0.4, -0.2) is 72.5 Å². The van der Waals surface area contributed by atoms with Crippen LogP contribution in [0, 0.1) is 13.8 Å². The highest BCUT2D eigenvalue weighted by Crippen LogP contribution is 2.16. The van der Waals surface area contributed by atoms with Gasteiger partial charge in [-0.3, -0.25) is 24.6 Å². The first-order valence-electron chi connectivity index (χ1n) is 10.0. The lowest BCUT2D eigenvalue weighted by Gasteiger charge is -2.33. The van der Waals surface area contributed by atoms with E-state index >= 15 is 0 Å². The van der Waals surface area contributed by atoms with Gasteiger partial charge in [0.2, 0.25) is 10.0 Å². The smallest absolute Gasteiger partial charge is 0.270 e. The van der Waals surface area contributed by atoms with Crippen molar-refractivity contribution < 1.29 is 18.0 Å². The molecule has 2 heterocycles. The summed E-state index contributed by atoms with van der Waals surface area (Å²) in [4.78, 5) is 27.3. The molecule has 0 spiro atoms. The maximum Gasteiger partial charge on any atom is 0.270 e. The van der Waals surface area contributed by atoms with Crippen molar-refractivity contribution in [1.82, 2.24) is 13.9 Å². The molecule has 1 saturated heterocycles. The van der Waals surface area contributed by atoms with E-state index in [4.69, 9.17) is 0 Å². The Morgan fingerprint density at radius 2 is 1.67 bits per heavy atom. The van der Waals surface area contributed by atoms with E-state index in [1.165, 1.54) is 4.31 Å². The summed E-state index contributed by atoms with van der Waals surface area (Å²) >= 11 is 0. The van der Waals surface area contributed by atoms with Gasteiger partial charge in [-0.05, 0) is 39.0 Å². The number of amides is 1. The van der Waals surface area contributed by atoms with Crippen LogP contribution in [0.4, 0.5) is 0 Å². The van der Waals surface area contributed by atoms with E-state index in [1.807, 2.05) is 17.9 Å². The zero-order valence-electron chi connectivity index (χ0n) is 17.6. The number of hydrogen-bond donors (Lipinski definition) is 1. The van der Waals surface area contributed by atoms with Crippen molar-refractivity contribution in [3.8, 4) is 0 Å². The minimum Gasteiger partial charge on any atom is -0.293 e. The third-order valence-corrected chi connectivity index (χ3v) is 7.32. The van der Waals surface area contributed by atoms with Gasteiger partial charge in [-0.1, -0.05) is 18.2 Å². The second-order valence-electron chi connectivity index (χ2n) is 7.43. The summed E-state index contributed by atoms with van der Waals surface area (Å²) in [7, 11) is -3.19. The molecule has 1 amide bonds. The van der Waals surface area contributed by atoms with E-state index in [0.717, 1.165) is 5.69 Å². The van der Waals surface area contributed by atoms with Gasteiger partial charge in [-0.15, -0.1) is 0 Å². The molecule has 1 aromatic heterocycles. The van der Waals surface area contributed by atoms with Gasteiger partial charge in [-0.25, -0.2) is 8.42 Å². The van der Waals surface area contributed by atoms with Crippen molar-refractivity contribution in [3.05, 3.63) is 58.9 Å². The van der Waals surface area contributed by atoms with Crippen LogP contribution >= 0.6 is 0 Å². The van der Waals surface area contributed by atoms with Gasteiger partial charge < -0.3 is 0 Å². The minimum absolute atomic E-state index is 0.0462. The number of carbonyl (C=O) groups excluding carboxylic acids is 2. The van der Waals surface area contributed by atoms with Crippen LogP contribution in [0.25, 0.3) is 0 Å². The maximum absolute atomic E-state index is 12.9. The van der Waals surface area contributed by atoms with Gasteiger partial charge in [0.15, 0.2) is 5.78 Å². The molecular weight excluding hydrogens is 404 g/mol. The Morgan fingerprint density at radius 3 is 2.27 bits per heavy atom. The number of benzene rings is 1. The second-order valence-corrected chi connectivity index (χ2v) is 9.68. The van der Waals surface area contributed by atoms with Gasteiger partial charge in [0.1, 0.15) is 0 Å². The minimum atomic E-state index is -3.19. The molecule has 1 fully saturated rings. The zero-order valence-corrected chi connectivity index (χ0v) is 18.4. The molecule has 2 aromatic rings. The van der Waals surface area contributed by atoms with Gasteiger partial charge in [0.05, 0.1) is 12.3 Å². The van der Waals surface area contributed by atoms with Crippen molar-refractivity contribution in [1.29, 1.82) is 0 Å². The van der Waals surface area contributed by atoms with E-state index in [-0.39, 0.29) is 24.0 Å². The monoisotopic (exact) mass is 432 g/mol. The third-order valence-electron chi connectivity index (χ3n) is 5.44. The first-order valence-corrected chi connectivity index (χ1v) is 11.6. The summed E-state index contributed by atoms with van der Waals surface area (Å²) < 4.78 is 27.1. The molecule has 1 aliphatic heterocycles. The molecule has 30 heavy (non-hydrogen) atoms. The average molecular weight is 433 g/mol. The predicted molar refractivity (Wildman–Crippen MR) is 116 cm³/mol. The van der Waals surface area contributed by atoms with Crippen molar-refractivity contribution in [2.45, 2.75) is 20.8 Å². The van der Waals surface area contributed by atoms with Crippen LogP contribution in [0.15, 0.2) is 36.4 Å². The van der Waals surface area contributed by atoms with E-state index < -0.39 is 10.0 Å². The zero-order chi connectivity index (χ0) is 21.9. The lowest BCUT2D eigenvalue weighted by molar-refractivity contribution is 0.0899. The van der Waals surface area contributed by atoms with Gasteiger partial charge >= 0.3 is 0 Å². The van der Waals surface area contributed by atoms with Crippen molar-refractivity contribution in [2.24, 2.45) is 0 Å². The molecule has 8 nitrogen and oxygen atoms in total. The quantitative estimate of drug-likeness (QED) is 0.672.